The molecule has 2 aromatic heterocycles. The second-order valence-corrected chi connectivity index (χ2v) is 6.52. The van der Waals surface area contributed by atoms with Crippen molar-refractivity contribution in [1.82, 2.24) is 14.8 Å². The molecule has 0 aliphatic carbocycles. The summed E-state index contributed by atoms with van der Waals surface area (Å²) in [6, 6.07) is 9.96. The van der Waals surface area contributed by atoms with E-state index in [0.717, 1.165) is 53.8 Å². The smallest absolute Gasteiger partial charge is 0.150 e. The number of rotatable bonds is 3. The van der Waals surface area contributed by atoms with Crippen LogP contribution >= 0.6 is 0 Å². The summed E-state index contributed by atoms with van der Waals surface area (Å²) < 4.78 is 7.91. The molecule has 1 saturated heterocycles. The summed E-state index contributed by atoms with van der Waals surface area (Å²) in [5.41, 5.74) is 10.8. The van der Waals surface area contributed by atoms with Crippen molar-refractivity contribution in [1.29, 1.82) is 0 Å². The highest BCUT2D eigenvalue weighted by atomic mass is 16.5. The number of hydrogen-bond donors (Lipinski definition) is 1. The Morgan fingerprint density at radius 2 is 2.12 bits per heavy atom. The first kappa shape index (κ1) is 15.8. The Morgan fingerprint density at radius 1 is 1.20 bits per heavy atom. The first-order valence-electron chi connectivity index (χ1n) is 8.71. The third-order valence-electron chi connectivity index (χ3n) is 4.54. The van der Waals surface area contributed by atoms with Gasteiger partial charge in [-0.1, -0.05) is 0 Å². The van der Waals surface area contributed by atoms with Gasteiger partial charge in [0.25, 0.3) is 0 Å². The fourth-order valence-corrected chi connectivity index (χ4v) is 3.25. The van der Waals surface area contributed by atoms with Crippen LogP contribution in [0.3, 0.4) is 0 Å². The number of fused-ring (bicyclic) bond motifs is 1. The van der Waals surface area contributed by atoms with Gasteiger partial charge in [-0.25, -0.2) is 4.68 Å². The Balaban J connectivity index is 1.75. The Bertz CT molecular complexity index is 923. The van der Waals surface area contributed by atoms with Gasteiger partial charge in [-0.15, -0.1) is 0 Å². The summed E-state index contributed by atoms with van der Waals surface area (Å²) in [5, 5.41) is 5.89. The number of aromatic nitrogens is 3. The maximum absolute atomic E-state index is 6.00. The molecule has 128 valence electrons. The Morgan fingerprint density at radius 3 is 2.92 bits per heavy atom. The third kappa shape index (κ3) is 3.28. The van der Waals surface area contributed by atoms with Crippen LogP contribution in [0.5, 0.6) is 0 Å². The van der Waals surface area contributed by atoms with E-state index >= 15 is 0 Å². The van der Waals surface area contributed by atoms with E-state index in [0.29, 0.717) is 0 Å². The van der Waals surface area contributed by atoms with Crippen LogP contribution in [0.25, 0.3) is 23.1 Å². The normalized spacial score (nSPS) is 18.2. The average molecular weight is 334 g/mol. The molecule has 2 N–H and O–H groups in total. The number of ether oxygens (including phenoxy) is 1. The molecule has 1 fully saturated rings. The lowest BCUT2D eigenvalue weighted by Gasteiger charge is -2.23. The lowest BCUT2D eigenvalue weighted by Crippen LogP contribution is -2.19. The average Bonchev–Trinajstić information content (AvgIpc) is 2.98. The molecule has 25 heavy (non-hydrogen) atoms. The molecule has 1 unspecified atom stereocenters. The van der Waals surface area contributed by atoms with Gasteiger partial charge in [0, 0.05) is 23.9 Å². The van der Waals surface area contributed by atoms with E-state index in [1.54, 1.807) is 0 Å². The zero-order valence-electron chi connectivity index (χ0n) is 14.4. The highest BCUT2D eigenvalue weighted by Gasteiger charge is 2.20. The molecule has 0 saturated carbocycles. The lowest BCUT2D eigenvalue weighted by atomic mass is 10.1. The second-order valence-electron chi connectivity index (χ2n) is 6.52. The highest BCUT2D eigenvalue weighted by molar-refractivity contribution is 5.91. The fraction of sp³-hybridized carbons (Fsp3) is 0.300. The van der Waals surface area contributed by atoms with Crippen LogP contribution in [-0.2, 0) is 4.74 Å². The van der Waals surface area contributed by atoms with Gasteiger partial charge in [0.1, 0.15) is 0 Å². The van der Waals surface area contributed by atoms with Gasteiger partial charge in [0.2, 0.25) is 0 Å². The summed E-state index contributed by atoms with van der Waals surface area (Å²) in [7, 11) is 0. The zero-order valence-corrected chi connectivity index (χ0v) is 14.4. The minimum Gasteiger partial charge on any atom is -0.399 e. The first-order chi connectivity index (χ1) is 12.2. The van der Waals surface area contributed by atoms with Crippen LogP contribution in [0, 0.1) is 6.92 Å². The van der Waals surface area contributed by atoms with Crippen molar-refractivity contribution >= 4 is 28.7 Å². The van der Waals surface area contributed by atoms with Gasteiger partial charge in [-0.3, -0.25) is 4.98 Å². The molecule has 4 rings (SSSR count). The molecule has 0 bridgehead atoms. The Kier molecular flexibility index (Phi) is 4.24. The van der Waals surface area contributed by atoms with Gasteiger partial charge in [0.05, 0.1) is 16.9 Å². The Hall–Kier alpha value is -2.66. The number of nitrogens with zero attached hydrogens (tertiary/aromatic N) is 3. The molecule has 3 heterocycles. The third-order valence-corrected chi connectivity index (χ3v) is 4.54. The van der Waals surface area contributed by atoms with Crippen molar-refractivity contribution in [3.05, 3.63) is 53.5 Å². The number of benzene rings is 1. The largest absolute Gasteiger partial charge is 0.399 e. The topological polar surface area (TPSA) is 66.0 Å². The molecule has 0 radical (unpaired) electrons. The number of nitrogen functional groups attached to an aromatic ring is 1. The molecular weight excluding hydrogens is 312 g/mol. The quantitative estimate of drug-likeness (QED) is 0.729. The van der Waals surface area contributed by atoms with Crippen LogP contribution in [0.2, 0.25) is 0 Å². The van der Waals surface area contributed by atoms with Gasteiger partial charge >= 0.3 is 0 Å². The molecular formula is C20H22N4O. The van der Waals surface area contributed by atoms with Crippen LogP contribution in [-0.4, -0.2) is 21.4 Å². The SMILES string of the molecule is Cc1ccnc(C=Cc2nn(C3CCCCO3)c3cc(N)ccc23)c1. The number of hydrogen-bond acceptors (Lipinski definition) is 4. The molecule has 1 aliphatic heterocycles. The van der Waals surface area contributed by atoms with E-state index in [9.17, 15) is 0 Å². The summed E-state index contributed by atoms with van der Waals surface area (Å²) in [5.74, 6) is 0. The molecule has 5 heteroatoms. The van der Waals surface area contributed by atoms with Crippen molar-refractivity contribution in [2.24, 2.45) is 0 Å². The molecule has 0 amide bonds. The minimum absolute atomic E-state index is 0.0164. The van der Waals surface area contributed by atoms with Crippen LogP contribution in [0.4, 0.5) is 5.69 Å². The van der Waals surface area contributed by atoms with Crippen molar-refractivity contribution in [2.75, 3.05) is 12.3 Å². The summed E-state index contributed by atoms with van der Waals surface area (Å²) in [6.45, 7) is 2.85. The lowest BCUT2D eigenvalue weighted by molar-refractivity contribution is -0.0367. The van der Waals surface area contributed by atoms with Crippen molar-refractivity contribution in [3.63, 3.8) is 0 Å². The summed E-state index contributed by atoms with van der Waals surface area (Å²) in [4.78, 5) is 4.38. The zero-order chi connectivity index (χ0) is 17.2. The number of anilines is 1. The predicted molar refractivity (Wildman–Crippen MR) is 101 cm³/mol. The van der Waals surface area contributed by atoms with Crippen LogP contribution < -0.4 is 5.73 Å². The number of aryl methyl sites for hydroxylation is 1. The van der Waals surface area contributed by atoms with Crippen molar-refractivity contribution in [2.45, 2.75) is 32.4 Å². The summed E-state index contributed by atoms with van der Waals surface area (Å²) in [6.07, 6.45) is 9.07. The van der Waals surface area contributed by atoms with Gasteiger partial charge in [-0.05, 0) is 74.2 Å². The predicted octanol–water partition coefficient (Wildman–Crippen LogP) is 4.19. The van der Waals surface area contributed by atoms with Gasteiger partial charge < -0.3 is 10.5 Å². The fourth-order valence-electron chi connectivity index (χ4n) is 3.25. The van der Waals surface area contributed by atoms with E-state index in [1.165, 1.54) is 5.56 Å². The first-order valence-corrected chi connectivity index (χ1v) is 8.71. The highest BCUT2D eigenvalue weighted by Crippen LogP contribution is 2.30. The molecule has 1 aliphatic rings. The minimum atomic E-state index is -0.0164. The van der Waals surface area contributed by atoms with Crippen LogP contribution in [0.1, 0.15) is 42.4 Å². The summed E-state index contributed by atoms with van der Waals surface area (Å²) >= 11 is 0. The Labute approximate surface area is 147 Å². The van der Waals surface area contributed by atoms with E-state index in [1.807, 2.05) is 47.3 Å². The number of nitrogens with two attached hydrogens (primary N) is 1. The van der Waals surface area contributed by atoms with E-state index in [-0.39, 0.29) is 6.23 Å². The molecule has 1 atom stereocenters. The second kappa shape index (κ2) is 6.69. The van der Waals surface area contributed by atoms with E-state index < -0.39 is 0 Å². The van der Waals surface area contributed by atoms with Gasteiger partial charge in [-0.2, -0.15) is 5.10 Å². The molecule has 1 aromatic carbocycles. The van der Waals surface area contributed by atoms with Crippen molar-refractivity contribution < 1.29 is 4.74 Å². The van der Waals surface area contributed by atoms with E-state index in [4.69, 9.17) is 15.6 Å². The monoisotopic (exact) mass is 334 g/mol. The van der Waals surface area contributed by atoms with Crippen molar-refractivity contribution in [3.8, 4) is 0 Å². The van der Waals surface area contributed by atoms with Gasteiger partial charge in [0.15, 0.2) is 6.23 Å². The van der Waals surface area contributed by atoms with Crippen LogP contribution in [0.15, 0.2) is 36.5 Å². The van der Waals surface area contributed by atoms with E-state index in [2.05, 4.69) is 18.0 Å². The maximum atomic E-state index is 6.00. The molecule has 5 nitrogen and oxygen atoms in total. The molecule has 3 aromatic rings. The standard InChI is InChI=1S/C20H22N4O/c1-14-9-10-22-16(12-14)6-8-18-17-7-5-15(21)13-19(17)24(23-18)20-4-2-3-11-25-20/h5-10,12-13,20H,2-4,11,21H2,1H3. The number of pyridine rings is 1. The molecule has 0 spiro atoms. The maximum Gasteiger partial charge on any atom is 0.150 e.